The van der Waals surface area contributed by atoms with Crippen LogP contribution < -0.4 is 5.32 Å². The molecule has 2 N–H and O–H groups in total. The molecule has 0 saturated heterocycles. The highest BCUT2D eigenvalue weighted by molar-refractivity contribution is 7.19. The second kappa shape index (κ2) is 4.34. The van der Waals surface area contributed by atoms with Gasteiger partial charge in [-0.2, -0.15) is 0 Å². The summed E-state index contributed by atoms with van der Waals surface area (Å²) >= 11 is 8.31. The molecule has 96 valence electrons. The van der Waals surface area contributed by atoms with Gasteiger partial charge in [-0.25, -0.2) is 4.98 Å². The van der Waals surface area contributed by atoms with Crippen LogP contribution >= 0.6 is 22.9 Å². The Balaban J connectivity index is 1.90. The number of thiophene rings is 1. The standard InChI is InChI=1S/C14H12ClN3S/c15-11-8-3-1-2-4-10(8)19-14(11)13-12-9(5-6-16-13)17-7-18-12/h1-4,7,13,16H,5-6H2,(H,17,18). The van der Waals surface area contributed by atoms with E-state index in [4.69, 9.17) is 11.6 Å². The van der Waals surface area contributed by atoms with Gasteiger partial charge < -0.3 is 10.3 Å². The van der Waals surface area contributed by atoms with Crippen LogP contribution in [0.2, 0.25) is 5.02 Å². The number of rotatable bonds is 1. The summed E-state index contributed by atoms with van der Waals surface area (Å²) in [7, 11) is 0. The van der Waals surface area contributed by atoms with Crippen LogP contribution in [0.15, 0.2) is 30.6 Å². The average Bonchev–Trinajstić information content (AvgIpc) is 3.04. The predicted octanol–water partition coefficient (Wildman–Crippen LogP) is 3.51. The van der Waals surface area contributed by atoms with Crippen molar-refractivity contribution >= 4 is 33.0 Å². The van der Waals surface area contributed by atoms with Crippen LogP contribution in [0.25, 0.3) is 10.1 Å². The Morgan fingerprint density at radius 2 is 2.21 bits per heavy atom. The van der Waals surface area contributed by atoms with Crippen LogP contribution in [0.3, 0.4) is 0 Å². The molecule has 0 fully saturated rings. The fourth-order valence-corrected chi connectivity index (χ4v) is 4.28. The molecule has 0 saturated carbocycles. The van der Waals surface area contributed by atoms with E-state index in [0.29, 0.717) is 0 Å². The molecule has 1 atom stereocenters. The largest absolute Gasteiger partial charge is 0.348 e. The molecule has 0 aliphatic carbocycles. The molecule has 3 heterocycles. The normalized spacial score (nSPS) is 18.7. The zero-order chi connectivity index (χ0) is 12.8. The number of fused-ring (bicyclic) bond motifs is 2. The highest BCUT2D eigenvalue weighted by Crippen LogP contribution is 2.41. The van der Waals surface area contributed by atoms with Gasteiger partial charge in [0, 0.05) is 33.6 Å². The fourth-order valence-electron chi connectivity index (χ4n) is 2.65. The van der Waals surface area contributed by atoms with E-state index >= 15 is 0 Å². The molecule has 3 nitrogen and oxygen atoms in total. The number of nitrogens with zero attached hydrogens (tertiary/aromatic N) is 1. The van der Waals surface area contributed by atoms with Gasteiger partial charge in [0.05, 0.1) is 23.1 Å². The van der Waals surface area contributed by atoms with E-state index < -0.39 is 0 Å². The minimum atomic E-state index is 0.111. The maximum atomic E-state index is 6.56. The lowest BCUT2D eigenvalue weighted by atomic mass is 10.0. The summed E-state index contributed by atoms with van der Waals surface area (Å²) in [4.78, 5) is 8.84. The summed E-state index contributed by atoms with van der Waals surface area (Å²) in [5.74, 6) is 0. The van der Waals surface area contributed by atoms with Crippen LogP contribution in [0.4, 0.5) is 0 Å². The van der Waals surface area contributed by atoms with Crippen molar-refractivity contribution in [2.75, 3.05) is 6.54 Å². The van der Waals surface area contributed by atoms with Gasteiger partial charge in [-0.1, -0.05) is 29.8 Å². The summed E-state index contributed by atoms with van der Waals surface area (Å²) in [5.41, 5.74) is 2.30. The third-order valence-electron chi connectivity index (χ3n) is 3.57. The van der Waals surface area contributed by atoms with Gasteiger partial charge in [-0.15, -0.1) is 11.3 Å². The molecule has 4 rings (SSSR count). The molecule has 19 heavy (non-hydrogen) atoms. The zero-order valence-electron chi connectivity index (χ0n) is 10.1. The van der Waals surface area contributed by atoms with E-state index in [9.17, 15) is 0 Å². The number of nitrogens with one attached hydrogen (secondary N) is 2. The Morgan fingerprint density at radius 1 is 1.32 bits per heavy atom. The molecule has 0 spiro atoms. The molecule has 0 amide bonds. The van der Waals surface area contributed by atoms with E-state index in [1.54, 1.807) is 17.7 Å². The highest BCUT2D eigenvalue weighted by Gasteiger charge is 2.27. The highest BCUT2D eigenvalue weighted by atomic mass is 35.5. The number of hydrogen-bond acceptors (Lipinski definition) is 3. The molecular weight excluding hydrogens is 278 g/mol. The molecule has 1 aromatic carbocycles. The molecule has 3 aromatic rings. The van der Waals surface area contributed by atoms with Gasteiger partial charge in [0.2, 0.25) is 0 Å². The molecule has 2 aromatic heterocycles. The molecule has 1 aliphatic heterocycles. The first-order valence-corrected chi connectivity index (χ1v) is 7.46. The first-order valence-electron chi connectivity index (χ1n) is 6.27. The van der Waals surface area contributed by atoms with Crippen molar-refractivity contribution in [2.24, 2.45) is 0 Å². The lowest BCUT2D eigenvalue weighted by molar-refractivity contribution is 0.560. The Kier molecular flexibility index (Phi) is 2.62. The van der Waals surface area contributed by atoms with Gasteiger partial charge in [0.1, 0.15) is 0 Å². The Labute approximate surface area is 119 Å². The zero-order valence-corrected chi connectivity index (χ0v) is 11.7. The van der Waals surface area contributed by atoms with Crippen molar-refractivity contribution < 1.29 is 0 Å². The maximum absolute atomic E-state index is 6.56. The van der Waals surface area contributed by atoms with Crippen LogP contribution in [-0.2, 0) is 6.42 Å². The van der Waals surface area contributed by atoms with Crippen LogP contribution in [-0.4, -0.2) is 16.5 Å². The van der Waals surface area contributed by atoms with E-state index in [0.717, 1.165) is 33.9 Å². The molecule has 0 bridgehead atoms. The minimum Gasteiger partial charge on any atom is -0.348 e. The van der Waals surface area contributed by atoms with E-state index in [-0.39, 0.29) is 6.04 Å². The first kappa shape index (κ1) is 11.5. The average molecular weight is 290 g/mol. The number of hydrogen-bond donors (Lipinski definition) is 2. The summed E-state index contributed by atoms with van der Waals surface area (Å²) in [5, 5.41) is 5.51. The fraction of sp³-hybridized carbons (Fsp3) is 0.214. The lowest BCUT2D eigenvalue weighted by Crippen LogP contribution is -2.30. The van der Waals surface area contributed by atoms with Crippen molar-refractivity contribution in [1.29, 1.82) is 0 Å². The van der Waals surface area contributed by atoms with Crippen LogP contribution in [0.1, 0.15) is 22.3 Å². The van der Waals surface area contributed by atoms with Crippen molar-refractivity contribution in [3.8, 4) is 0 Å². The first-order chi connectivity index (χ1) is 9.34. The van der Waals surface area contributed by atoms with E-state index in [1.807, 2.05) is 12.1 Å². The van der Waals surface area contributed by atoms with E-state index in [1.165, 1.54) is 10.4 Å². The lowest BCUT2D eigenvalue weighted by Gasteiger charge is -2.22. The SMILES string of the molecule is Clc1c(C2NCCc3[nH]cnc32)sc2ccccc12. The summed E-state index contributed by atoms with van der Waals surface area (Å²) in [6, 6.07) is 8.38. The van der Waals surface area contributed by atoms with Crippen LogP contribution in [0.5, 0.6) is 0 Å². The number of benzene rings is 1. The van der Waals surface area contributed by atoms with Gasteiger partial charge in [-0.3, -0.25) is 0 Å². The molecule has 1 aliphatic rings. The van der Waals surface area contributed by atoms with Gasteiger partial charge in [-0.05, 0) is 6.07 Å². The second-order valence-electron chi connectivity index (χ2n) is 4.68. The van der Waals surface area contributed by atoms with Gasteiger partial charge in [0.25, 0.3) is 0 Å². The smallest absolute Gasteiger partial charge is 0.0926 e. The van der Waals surface area contributed by atoms with Crippen molar-refractivity contribution in [2.45, 2.75) is 12.5 Å². The summed E-state index contributed by atoms with van der Waals surface area (Å²) < 4.78 is 1.23. The monoisotopic (exact) mass is 289 g/mol. The molecular formula is C14H12ClN3S. The van der Waals surface area contributed by atoms with Crippen LogP contribution in [0, 0.1) is 0 Å². The van der Waals surface area contributed by atoms with Crippen molar-refractivity contribution in [3.05, 3.63) is 51.9 Å². The second-order valence-corrected chi connectivity index (χ2v) is 6.14. The number of halogens is 1. The third-order valence-corrected chi connectivity index (χ3v) is 5.33. The minimum absolute atomic E-state index is 0.111. The van der Waals surface area contributed by atoms with E-state index in [2.05, 4.69) is 27.4 Å². The summed E-state index contributed by atoms with van der Waals surface area (Å²) in [6.45, 7) is 0.949. The third kappa shape index (κ3) is 1.71. The predicted molar refractivity (Wildman–Crippen MR) is 79.0 cm³/mol. The van der Waals surface area contributed by atoms with Gasteiger partial charge in [0.15, 0.2) is 0 Å². The molecule has 1 unspecified atom stereocenters. The number of aromatic amines is 1. The quantitative estimate of drug-likeness (QED) is 0.720. The number of aromatic nitrogens is 2. The summed E-state index contributed by atoms with van der Waals surface area (Å²) in [6.07, 6.45) is 2.76. The molecule has 0 radical (unpaired) electrons. The maximum Gasteiger partial charge on any atom is 0.0926 e. The Morgan fingerprint density at radius 3 is 3.11 bits per heavy atom. The molecule has 5 heteroatoms. The topological polar surface area (TPSA) is 40.7 Å². The number of imidazole rings is 1. The Bertz CT molecular complexity index is 746. The van der Waals surface area contributed by atoms with Crippen molar-refractivity contribution in [1.82, 2.24) is 15.3 Å². The number of H-pyrrole nitrogens is 1. The Hall–Kier alpha value is -1.36. The van der Waals surface area contributed by atoms with Crippen molar-refractivity contribution in [3.63, 3.8) is 0 Å². The van der Waals surface area contributed by atoms with Gasteiger partial charge >= 0.3 is 0 Å².